The molecule has 1 unspecified atom stereocenters. The van der Waals surface area contributed by atoms with Gasteiger partial charge in [-0.1, -0.05) is 24.3 Å². The van der Waals surface area contributed by atoms with Crippen LogP contribution in [0.5, 0.6) is 5.75 Å². The maximum absolute atomic E-state index is 5.79. The molecule has 2 aliphatic carbocycles. The number of hydrogen-bond acceptors (Lipinski definition) is 2. The molecular weight excluding hydrogens is 222 g/mol. The molecule has 0 amide bonds. The Morgan fingerprint density at radius 1 is 1.22 bits per heavy atom. The number of methoxy groups -OCH3 is 1. The lowest BCUT2D eigenvalue weighted by Gasteiger charge is -2.26. The topological polar surface area (TPSA) is 35.2 Å². The van der Waals surface area contributed by atoms with Gasteiger partial charge >= 0.3 is 0 Å². The van der Waals surface area contributed by atoms with E-state index in [-0.39, 0.29) is 0 Å². The van der Waals surface area contributed by atoms with Crippen LogP contribution in [0.3, 0.4) is 0 Å². The van der Waals surface area contributed by atoms with Gasteiger partial charge in [0.2, 0.25) is 0 Å². The van der Waals surface area contributed by atoms with Gasteiger partial charge in [-0.05, 0) is 49.0 Å². The second-order valence-electron chi connectivity index (χ2n) is 5.29. The van der Waals surface area contributed by atoms with Gasteiger partial charge < -0.3 is 10.5 Å². The third kappa shape index (κ3) is 1.82. The first-order valence-corrected chi connectivity index (χ1v) is 6.53. The van der Waals surface area contributed by atoms with Gasteiger partial charge in [0.15, 0.2) is 0 Å². The van der Waals surface area contributed by atoms with E-state index in [9.17, 15) is 0 Å². The number of allylic oxidation sites excluding steroid dienone is 3. The maximum Gasteiger partial charge on any atom is 0.118 e. The molecule has 94 valence electrons. The van der Waals surface area contributed by atoms with Crippen LogP contribution in [0.25, 0.3) is 0 Å². The van der Waals surface area contributed by atoms with Crippen molar-refractivity contribution in [3.63, 3.8) is 0 Å². The average Bonchev–Trinajstić information content (AvgIpc) is 3.21. The summed E-state index contributed by atoms with van der Waals surface area (Å²) in [6.07, 6.45) is 10.1. The summed E-state index contributed by atoms with van der Waals surface area (Å²) in [5.41, 5.74) is 8.48. The molecule has 1 saturated carbocycles. The van der Waals surface area contributed by atoms with Crippen molar-refractivity contribution in [2.24, 2.45) is 11.7 Å². The van der Waals surface area contributed by atoms with Crippen molar-refractivity contribution in [2.75, 3.05) is 7.11 Å². The Hall–Kier alpha value is -1.70. The molecule has 2 N–H and O–H groups in total. The highest BCUT2D eigenvalue weighted by Gasteiger charge is 2.49. The summed E-state index contributed by atoms with van der Waals surface area (Å²) in [7, 11) is 1.71. The van der Waals surface area contributed by atoms with Crippen LogP contribution in [0.1, 0.15) is 24.8 Å². The lowest BCUT2D eigenvalue weighted by Crippen LogP contribution is -2.20. The van der Waals surface area contributed by atoms with Gasteiger partial charge in [0, 0.05) is 11.1 Å². The Morgan fingerprint density at radius 2 is 1.94 bits per heavy atom. The monoisotopic (exact) mass is 241 g/mol. The second-order valence-corrected chi connectivity index (χ2v) is 5.29. The minimum absolute atomic E-state index is 0.347. The molecule has 0 spiro atoms. The predicted octanol–water partition coefficient (Wildman–Crippen LogP) is 3.15. The van der Waals surface area contributed by atoms with E-state index in [0.29, 0.717) is 11.3 Å². The van der Waals surface area contributed by atoms with Gasteiger partial charge in [0.1, 0.15) is 5.75 Å². The summed E-state index contributed by atoms with van der Waals surface area (Å²) in [5, 5.41) is 0. The van der Waals surface area contributed by atoms with Crippen LogP contribution in [0, 0.1) is 5.92 Å². The average molecular weight is 241 g/mol. The Morgan fingerprint density at radius 3 is 2.44 bits per heavy atom. The normalized spacial score (nSPS) is 24.5. The minimum atomic E-state index is 0.347. The Labute approximate surface area is 108 Å². The van der Waals surface area contributed by atoms with E-state index in [4.69, 9.17) is 10.5 Å². The first-order valence-electron chi connectivity index (χ1n) is 6.53. The van der Waals surface area contributed by atoms with Crippen molar-refractivity contribution < 1.29 is 4.74 Å². The SMILES string of the molecule is COc1ccc(C2(C3C=CC(N)=CC3)CC2)cc1. The molecule has 2 heteroatoms. The van der Waals surface area contributed by atoms with Crippen LogP contribution in [0.4, 0.5) is 0 Å². The number of hydrogen-bond donors (Lipinski definition) is 1. The fourth-order valence-electron chi connectivity index (χ4n) is 2.98. The fraction of sp³-hybridized carbons (Fsp3) is 0.375. The largest absolute Gasteiger partial charge is 0.497 e. The van der Waals surface area contributed by atoms with Gasteiger partial charge in [-0.2, -0.15) is 0 Å². The van der Waals surface area contributed by atoms with Crippen molar-refractivity contribution in [1.82, 2.24) is 0 Å². The van der Waals surface area contributed by atoms with Crippen LogP contribution in [-0.2, 0) is 5.41 Å². The van der Waals surface area contributed by atoms with Crippen LogP contribution in [0.2, 0.25) is 0 Å². The minimum Gasteiger partial charge on any atom is -0.497 e. The zero-order chi connectivity index (χ0) is 12.6. The molecular formula is C16H19NO. The highest BCUT2D eigenvalue weighted by molar-refractivity contribution is 5.39. The van der Waals surface area contributed by atoms with E-state index < -0.39 is 0 Å². The van der Waals surface area contributed by atoms with Crippen molar-refractivity contribution in [1.29, 1.82) is 0 Å². The molecule has 0 aromatic heterocycles. The third-order valence-corrected chi connectivity index (χ3v) is 4.29. The van der Waals surface area contributed by atoms with Gasteiger partial charge in [0.05, 0.1) is 7.11 Å². The number of nitrogens with two attached hydrogens (primary N) is 1. The summed E-state index contributed by atoms with van der Waals surface area (Å²) in [5.74, 6) is 1.52. The maximum atomic E-state index is 5.79. The molecule has 3 rings (SSSR count). The number of benzene rings is 1. The Bertz CT molecular complexity index is 494. The van der Waals surface area contributed by atoms with Crippen LogP contribution < -0.4 is 10.5 Å². The van der Waals surface area contributed by atoms with Gasteiger partial charge in [0.25, 0.3) is 0 Å². The van der Waals surface area contributed by atoms with Crippen LogP contribution >= 0.6 is 0 Å². The lowest BCUT2D eigenvalue weighted by molar-refractivity contribution is 0.414. The number of ether oxygens (including phenoxy) is 1. The molecule has 0 radical (unpaired) electrons. The summed E-state index contributed by atoms with van der Waals surface area (Å²) in [6, 6.07) is 8.54. The predicted molar refractivity (Wildman–Crippen MR) is 73.4 cm³/mol. The molecule has 0 saturated heterocycles. The summed E-state index contributed by atoms with van der Waals surface area (Å²) >= 11 is 0. The molecule has 18 heavy (non-hydrogen) atoms. The van der Waals surface area contributed by atoms with E-state index in [2.05, 4.69) is 42.5 Å². The van der Waals surface area contributed by atoms with E-state index >= 15 is 0 Å². The molecule has 0 bridgehead atoms. The van der Waals surface area contributed by atoms with E-state index in [1.54, 1.807) is 7.11 Å². The standard InChI is InChI=1S/C16H19NO/c1-18-15-8-4-13(5-9-15)16(10-11-16)12-2-6-14(17)7-3-12/h2,4-9,12H,3,10-11,17H2,1H3. The van der Waals surface area contributed by atoms with Gasteiger partial charge in [-0.25, -0.2) is 0 Å². The smallest absolute Gasteiger partial charge is 0.118 e. The van der Waals surface area contributed by atoms with Crippen molar-refractivity contribution >= 4 is 0 Å². The van der Waals surface area contributed by atoms with Gasteiger partial charge in [-0.15, -0.1) is 0 Å². The Kier molecular flexibility index (Phi) is 2.66. The third-order valence-electron chi connectivity index (χ3n) is 4.29. The first kappa shape index (κ1) is 11.4. The highest BCUT2D eigenvalue weighted by Crippen LogP contribution is 2.56. The molecule has 1 aromatic carbocycles. The molecule has 2 nitrogen and oxygen atoms in total. The molecule has 1 fully saturated rings. The molecule has 1 atom stereocenters. The van der Waals surface area contributed by atoms with Crippen molar-refractivity contribution in [3.8, 4) is 5.75 Å². The summed E-state index contributed by atoms with van der Waals surface area (Å²) in [6.45, 7) is 0. The van der Waals surface area contributed by atoms with Gasteiger partial charge in [-0.3, -0.25) is 0 Å². The quantitative estimate of drug-likeness (QED) is 0.882. The van der Waals surface area contributed by atoms with Crippen molar-refractivity contribution in [2.45, 2.75) is 24.7 Å². The van der Waals surface area contributed by atoms with Crippen LogP contribution in [-0.4, -0.2) is 7.11 Å². The van der Waals surface area contributed by atoms with E-state index in [1.807, 2.05) is 0 Å². The van der Waals surface area contributed by atoms with E-state index in [1.165, 1.54) is 18.4 Å². The first-order chi connectivity index (χ1) is 8.74. The van der Waals surface area contributed by atoms with E-state index in [0.717, 1.165) is 17.9 Å². The molecule has 0 aliphatic heterocycles. The fourth-order valence-corrected chi connectivity index (χ4v) is 2.98. The number of rotatable bonds is 3. The zero-order valence-corrected chi connectivity index (χ0v) is 10.7. The van der Waals surface area contributed by atoms with Crippen molar-refractivity contribution in [3.05, 3.63) is 53.8 Å². The second kappa shape index (κ2) is 4.20. The zero-order valence-electron chi connectivity index (χ0n) is 10.7. The Balaban J connectivity index is 1.84. The molecule has 0 heterocycles. The highest BCUT2D eigenvalue weighted by atomic mass is 16.5. The summed E-state index contributed by atoms with van der Waals surface area (Å²) < 4.78 is 5.22. The molecule has 2 aliphatic rings. The van der Waals surface area contributed by atoms with Crippen LogP contribution in [0.15, 0.2) is 48.2 Å². The summed E-state index contributed by atoms with van der Waals surface area (Å²) in [4.78, 5) is 0. The molecule has 1 aromatic rings. The lowest BCUT2D eigenvalue weighted by atomic mass is 9.79.